The highest BCUT2D eigenvalue weighted by atomic mass is 19.1. The van der Waals surface area contributed by atoms with E-state index in [9.17, 15) is 23.9 Å². The Hall–Kier alpha value is -3.79. The van der Waals surface area contributed by atoms with E-state index in [2.05, 4.69) is 15.7 Å². The monoisotopic (exact) mass is 469 g/mol. The van der Waals surface area contributed by atoms with Gasteiger partial charge in [-0.05, 0) is 29.2 Å². The van der Waals surface area contributed by atoms with Crippen LogP contribution < -0.4 is 16.4 Å². The number of benzene rings is 2. The number of rotatable bonds is 8. The minimum atomic E-state index is -1.27. The maximum atomic E-state index is 13.3. The number of hydrogen-bond donors (Lipinski definition) is 4. The number of carbonyl (C=O) groups excluding carboxylic acids is 3. The molecule has 1 heterocycles. The Labute approximate surface area is 196 Å². The molecule has 10 heteroatoms. The van der Waals surface area contributed by atoms with Gasteiger partial charge in [-0.1, -0.05) is 51.1 Å². The van der Waals surface area contributed by atoms with Crippen molar-refractivity contribution in [3.05, 3.63) is 65.6 Å². The minimum absolute atomic E-state index is 0.119. The molecule has 0 spiro atoms. The molecule has 5 N–H and O–H groups in total. The molecule has 2 aromatic carbocycles. The van der Waals surface area contributed by atoms with Crippen LogP contribution in [-0.2, 0) is 16.1 Å². The fourth-order valence-electron chi connectivity index (χ4n) is 3.52. The smallest absolute Gasteiger partial charge is 0.273 e. The first kappa shape index (κ1) is 24.8. The predicted octanol–water partition coefficient (Wildman–Crippen LogP) is 1.33. The highest BCUT2D eigenvalue weighted by Gasteiger charge is 2.35. The van der Waals surface area contributed by atoms with Crippen molar-refractivity contribution in [2.24, 2.45) is 11.1 Å². The molecule has 3 aromatic rings. The third kappa shape index (κ3) is 5.57. The molecule has 1 aromatic heterocycles. The average Bonchev–Trinajstić information content (AvgIpc) is 3.14. The van der Waals surface area contributed by atoms with Gasteiger partial charge in [0, 0.05) is 5.39 Å². The molecule has 0 bridgehead atoms. The van der Waals surface area contributed by atoms with Crippen LogP contribution in [0.2, 0.25) is 0 Å². The van der Waals surface area contributed by atoms with Crippen molar-refractivity contribution in [1.82, 2.24) is 20.4 Å². The summed E-state index contributed by atoms with van der Waals surface area (Å²) in [6, 6.07) is 10.8. The summed E-state index contributed by atoms with van der Waals surface area (Å²) in [5, 5.41) is 19.4. The van der Waals surface area contributed by atoms with E-state index in [-0.39, 0.29) is 11.5 Å². The Morgan fingerprint density at radius 2 is 1.74 bits per heavy atom. The van der Waals surface area contributed by atoms with Gasteiger partial charge in [0.15, 0.2) is 5.69 Å². The zero-order chi connectivity index (χ0) is 25.0. The molecule has 3 amide bonds. The van der Waals surface area contributed by atoms with Crippen molar-refractivity contribution >= 4 is 28.6 Å². The molecule has 180 valence electrons. The van der Waals surface area contributed by atoms with Gasteiger partial charge < -0.3 is 21.5 Å². The van der Waals surface area contributed by atoms with Crippen LogP contribution in [0.15, 0.2) is 48.5 Å². The number of hydrogen-bond acceptors (Lipinski definition) is 5. The highest BCUT2D eigenvalue weighted by molar-refractivity contribution is 6.06. The zero-order valence-corrected chi connectivity index (χ0v) is 19.2. The Morgan fingerprint density at radius 1 is 1.09 bits per heavy atom. The van der Waals surface area contributed by atoms with Crippen LogP contribution >= 0.6 is 0 Å². The van der Waals surface area contributed by atoms with Gasteiger partial charge in [-0.25, -0.2) is 4.39 Å². The molecule has 0 aliphatic carbocycles. The number of para-hydroxylation sites is 1. The number of carbonyl (C=O) groups is 3. The zero-order valence-electron chi connectivity index (χ0n) is 19.2. The molecular weight excluding hydrogens is 441 g/mol. The van der Waals surface area contributed by atoms with Gasteiger partial charge in [-0.3, -0.25) is 19.1 Å². The van der Waals surface area contributed by atoms with E-state index in [1.54, 1.807) is 49.7 Å². The number of aliphatic hydroxyl groups is 1. The van der Waals surface area contributed by atoms with E-state index in [4.69, 9.17) is 5.73 Å². The summed E-state index contributed by atoms with van der Waals surface area (Å²) in [5.74, 6) is -2.47. The van der Waals surface area contributed by atoms with Gasteiger partial charge in [-0.2, -0.15) is 5.10 Å². The number of primary amides is 1. The molecule has 34 heavy (non-hydrogen) atoms. The van der Waals surface area contributed by atoms with Crippen LogP contribution in [0.4, 0.5) is 4.39 Å². The molecule has 2 atom stereocenters. The van der Waals surface area contributed by atoms with E-state index in [1.807, 2.05) is 12.1 Å². The van der Waals surface area contributed by atoms with E-state index in [0.717, 1.165) is 5.56 Å². The number of nitrogens with one attached hydrogen (secondary N) is 2. The maximum Gasteiger partial charge on any atom is 0.273 e. The van der Waals surface area contributed by atoms with Gasteiger partial charge >= 0.3 is 0 Å². The van der Waals surface area contributed by atoms with E-state index in [1.165, 1.54) is 12.1 Å². The molecule has 0 unspecified atom stereocenters. The molecular formula is C24H28FN5O4. The number of nitrogens with two attached hydrogens (primary N) is 1. The van der Waals surface area contributed by atoms with Crippen LogP contribution in [0.1, 0.15) is 36.8 Å². The lowest BCUT2D eigenvalue weighted by molar-refractivity contribution is -0.131. The largest absolute Gasteiger partial charge is 0.394 e. The van der Waals surface area contributed by atoms with Crippen molar-refractivity contribution in [2.45, 2.75) is 39.4 Å². The van der Waals surface area contributed by atoms with Crippen molar-refractivity contribution in [1.29, 1.82) is 0 Å². The standard InChI is InChI=1S/C24H28FN5O4/c1-24(2,3)20(23(34)27-17(13-31)21(26)32)28-22(33)19-16-6-4-5-7-18(16)30(29-19)12-14-8-10-15(25)11-9-14/h4-11,17,20,31H,12-13H2,1-3H3,(H2,26,32)(H,27,34)(H,28,33)/t17-,20+/m0/s1. The quantitative estimate of drug-likeness (QED) is 0.394. The number of nitrogens with zero attached hydrogens (tertiary/aromatic N) is 2. The fourth-order valence-corrected chi connectivity index (χ4v) is 3.52. The Balaban J connectivity index is 1.90. The fraction of sp³-hybridized carbons (Fsp3) is 0.333. The summed E-state index contributed by atoms with van der Waals surface area (Å²) < 4.78 is 14.9. The Morgan fingerprint density at radius 3 is 2.32 bits per heavy atom. The molecule has 0 saturated heterocycles. The van der Waals surface area contributed by atoms with Crippen molar-refractivity contribution in [2.75, 3.05) is 6.61 Å². The van der Waals surface area contributed by atoms with Gasteiger partial charge in [0.25, 0.3) is 5.91 Å². The topological polar surface area (TPSA) is 139 Å². The first-order chi connectivity index (χ1) is 16.0. The lowest BCUT2D eigenvalue weighted by atomic mass is 9.85. The van der Waals surface area contributed by atoms with Gasteiger partial charge in [0.1, 0.15) is 17.9 Å². The number of aliphatic hydroxyl groups excluding tert-OH is 1. The molecule has 0 aliphatic rings. The molecule has 3 rings (SSSR count). The second-order valence-corrected chi connectivity index (χ2v) is 9.07. The predicted molar refractivity (Wildman–Crippen MR) is 124 cm³/mol. The van der Waals surface area contributed by atoms with Crippen LogP contribution in [0.25, 0.3) is 10.9 Å². The summed E-state index contributed by atoms with van der Waals surface area (Å²) in [4.78, 5) is 37.6. The lowest BCUT2D eigenvalue weighted by Crippen LogP contribution is -2.58. The number of fused-ring (bicyclic) bond motifs is 1. The summed E-state index contributed by atoms with van der Waals surface area (Å²) in [6.07, 6.45) is 0. The molecule has 0 radical (unpaired) electrons. The van der Waals surface area contributed by atoms with Gasteiger partial charge in [0.05, 0.1) is 18.7 Å². The number of aromatic nitrogens is 2. The Kier molecular flexibility index (Phi) is 7.31. The van der Waals surface area contributed by atoms with E-state index in [0.29, 0.717) is 17.4 Å². The van der Waals surface area contributed by atoms with Crippen molar-refractivity contribution in [3.8, 4) is 0 Å². The van der Waals surface area contributed by atoms with Crippen LogP contribution in [0, 0.1) is 11.2 Å². The maximum absolute atomic E-state index is 13.3. The second-order valence-electron chi connectivity index (χ2n) is 9.07. The third-order valence-electron chi connectivity index (χ3n) is 5.36. The van der Waals surface area contributed by atoms with Crippen LogP contribution in [-0.4, -0.2) is 51.3 Å². The van der Waals surface area contributed by atoms with Crippen molar-refractivity contribution < 1.29 is 23.9 Å². The van der Waals surface area contributed by atoms with Gasteiger partial charge in [0.2, 0.25) is 11.8 Å². The first-order valence-corrected chi connectivity index (χ1v) is 10.7. The molecule has 0 aliphatic heterocycles. The highest BCUT2D eigenvalue weighted by Crippen LogP contribution is 2.23. The summed E-state index contributed by atoms with van der Waals surface area (Å²) >= 11 is 0. The lowest BCUT2D eigenvalue weighted by Gasteiger charge is -2.31. The summed E-state index contributed by atoms with van der Waals surface area (Å²) in [7, 11) is 0. The van der Waals surface area contributed by atoms with Gasteiger partial charge in [-0.15, -0.1) is 0 Å². The summed E-state index contributed by atoms with van der Waals surface area (Å²) in [5.41, 5.74) is 6.08. The number of halogens is 1. The minimum Gasteiger partial charge on any atom is -0.394 e. The SMILES string of the molecule is CC(C)(C)[C@H](NC(=O)c1nn(Cc2ccc(F)cc2)c2ccccc12)C(=O)N[C@@H](CO)C(N)=O. The van der Waals surface area contributed by atoms with Crippen LogP contribution in [0.3, 0.4) is 0 Å². The first-order valence-electron chi connectivity index (χ1n) is 10.7. The number of amides is 3. The van der Waals surface area contributed by atoms with Crippen molar-refractivity contribution in [3.63, 3.8) is 0 Å². The molecule has 0 saturated carbocycles. The summed E-state index contributed by atoms with van der Waals surface area (Å²) in [6.45, 7) is 4.90. The van der Waals surface area contributed by atoms with E-state index >= 15 is 0 Å². The average molecular weight is 470 g/mol. The van der Waals surface area contributed by atoms with Crippen LogP contribution in [0.5, 0.6) is 0 Å². The normalized spacial score (nSPS) is 13.3. The third-order valence-corrected chi connectivity index (χ3v) is 5.36. The van der Waals surface area contributed by atoms with E-state index < -0.39 is 41.8 Å². The molecule has 0 fully saturated rings. The second kappa shape index (κ2) is 10.0. The Bertz CT molecular complexity index is 1200. The molecule has 9 nitrogen and oxygen atoms in total.